The number of hydrogen-bond donors (Lipinski definition) is 1. The molecule has 1 fully saturated rings. The molecule has 0 spiro atoms. The van der Waals surface area contributed by atoms with Crippen LogP contribution in [-0.2, 0) is 9.53 Å². The summed E-state index contributed by atoms with van der Waals surface area (Å²) in [6.45, 7) is 7.17. The first kappa shape index (κ1) is 14.5. The second-order valence-corrected chi connectivity index (χ2v) is 4.64. The Morgan fingerprint density at radius 3 is 2.82 bits per heavy atom. The van der Waals surface area contributed by atoms with Crippen LogP contribution in [0.15, 0.2) is 0 Å². The van der Waals surface area contributed by atoms with E-state index in [1.807, 2.05) is 18.9 Å². The van der Waals surface area contributed by atoms with Crippen molar-refractivity contribution in [3.63, 3.8) is 0 Å². The third-order valence-corrected chi connectivity index (χ3v) is 3.65. The molecule has 0 radical (unpaired) electrons. The average Bonchev–Trinajstić information content (AvgIpc) is 2.38. The first-order valence-electron chi connectivity index (χ1n) is 6.75. The number of likely N-dealkylation sites (tertiary alicyclic amines) is 1. The summed E-state index contributed by atoms with van der Waals surface area (Å²) in [5.74, 6) is 0.830. The summed E-state index contributed by atoms with van der Waals surface area (Å²) < 4.78 is 5.23. The molecule has 0 saturated carbocycles. The van der Waals surface area contributed by atoms with Crippen molar-refractivity contribution >= 4 is 5.91 Å². The van der Waals surface area contributed by atoms with Crippen LogP contribution in [0, 0.1) is 5.92 Å². The molecule has 1 rings (SSSR count). The average molecular weight is 242 g/mol. The molecule has 17 heavy (non-hydrogen) atoms. The van der Waals surface area contributed by atoms with Gasteiger partial charge in [-0.2, -0.15) is 0 Å². The fraction of sp³-hybridized carbons (Fsp3) is 0.923. The molecule has 1 amide bonds. The maximum atomic E-state index is 12.0. The molecule has 2 atom stereocenters. The van der Waals surface area contributed by atoms with Gasteiger partial charge in [-0.1, -0.05) is 13.3 Å². The van der Waals surface area contributed by atoms with E-state index in [1.165, 1.54) is 0 Å². The Balaban J connectivity index is 2.37. The lowest BCUT2D eigenvalue weighted by molar-refractivity contribution is -0.134. The predicted molar refractivity (Wildman–Crippen MR) is 68.9 cm³/mol. The Bertz CT molecular complexity index is 233. The monoisotopic (exact) mass is 242 g/mol. The van der Waals surface area contributed by atoms with Crippen molar-refractivity contribution in [2.75, 3.05) is 33.4 Å². The van der Waals surface area contributed by atoms with Gasteiger partial charge in [0, 0.05) is 25.7 Å². The molecule has 1 aliphatic heterocycles. The van der Waals surface area contributed by atoms with E-state index in [0.29, 0.717) is 31.6 Å². The topological polar surface area (TPSA) is 41.6 Å². The summed E-state index contributed by atoms with van der Waals surface area (Å²) in [4.78, 5) is 14.0. The summed E-state index contributed by atoms with van der Waals surface area (Å²) in [5, 5.41) is 3.35. The number of ether oxygens (including phenoxy) is 1. The van der Waals surface area contributed by atoms with Gasteiger partial charge in [0.15, 0.2) is 0 Å². The second-order valence-electron chi connectivity index (χ2n) is 4.64. The van der Waals surface area contributed by atoms with Crippen molar-refractivity contribution in [3.05, 3.63) is 0 Å². The number of piperidine rings is 1. The Labute approximate surface area is 105 Å². The largest absolute Gasteiger partial charge is 0.381 e. The summed E-state index contributed by atoms with van der Waals surface area (Å²) in [6, 6.07) is 0.566. The van der Waals surface area contributed by atoms with Crippen molar-refractivity contribution in [1.29, 1.82) is 0 Å². The molecule has 0 aliphatic carbocycles. The molecule has 4 heteroatoms. The van der Waals surface area contributed by atoms with Gasteiger partial charge in [-0.15, -0.1) is 0 Å². The van der Waals surface area contributed by atoms with Crippen molar-refractivity contribution in [2.45, 2.75) is 39.2 Å². The molecule has 4 nitrogen and oxygen atoms in total. The minimum atomic E-state index is 0.242. The molecule has 0 bridgehead atoms. The number of carbonyl (C=O) groups is 1. The van der Waals surface area contributed by atoms with Crippen LogP contribution in [0.5, 0.6) is 0 Å². The molecule has 0 aromatic heterocycles. The smallest absolute Gasteiger partial charge is 0.224 e. The van der Waals surface area contributed by atoms with Gasteiger partial charge in [-0.05, 0) is 26.3 Å². The number of nitrogens with zero attached hydrogens (tertiary/aromatic N) is 1. The van der Waals surface area contributed by atoms with Crippen molar-refractivity contribution in [3.8, 4) is 0 Å². The van der Waals surface area contributed by atoms with Crippen LogP contribution in [0.4, 0.5) is 0 Å². The lowest BCUT2D eigenvalue weighted by Gasteiger charge is -2.38. The van der Waals surface area contributed by atoms with Crippen LogP contribution < -0.4 is 5.32 Å². The van der Waals surface area contributed by atoms with Crippen LogP contribution in [0.3, 0.4) is 0 Å². The zero-order chi connectivity index (χ0) is 12.7. The SMILES string of the molecule is CCOCCC(=O)N1CCC(NC)C(CC)C1. The number of rotatable bonds is 6. The fourth-order valence-corrected chi connectivity index (χ4v) is 2.51. The molecular weight excluding hydrogens is 216 g/mol. The molecule has 1 N–H and O–H groups in total. The second kappa shape index (κ2) is 7.67. The number of carbonyl (C=O) groups excluding carboxylic acids is 1. The van der Waals surface area contributed by atoms with Crippen molar-refractivity contribution in [2.24, 2.45) is 5.92 Å². The van der Waals surface area contributed by atoms with E-state index in [4.69, 9.17) is 4.74 Å². The molecule has 1 aliphatic rings. The number of nitrogens with one attached hydrogen (secondary N) is 1. The minimum absolute atomic E-state index is 0.242. The zero-order valence-electron chi connectivity index (χ0n) is 11.4. The van der Waals surface area contributed by atoms with E-state index in [-0.39, 0.29) is 5.91 Å². The highest BCUT2D eigenvalue weighted by atomic mass is 16.5. The van der Waals surface area contributed by atoms with Crippen LogP contribution in [-0.4, -0.2) is 50.2 Å². The Hall–Kier alpha value is -0.610. The van der Waals surface area contributed by atoms with E-state index in [2.05, 4.69) is 12.2 Å². The highest BCUT2D eigenvalue weighted by Crippen LogP contribution is 2.20. The Morgan fingerprint density at radius 2 is 2.24 bits per heavy atom. The minimum Gasteiger partial charge on any atom is -0.381 e. The number of hydrogen-bond acceptors (Lipinski definition) is 3. The maximum Gasteiger partial charge on any atom is 0.224 e. The molecule has 100 valence electrons. The van der Waals surface area contributed by atoms with Gasteiger partial charge in [0.1, 0.15) is 0 Å². The standard InChI is InChI=1S/C13H26N2O2/c1-4-11-10-15(8-6-12(11)14-3)13(16)7-9-17-5-2/h11-12,14H,4-10H2,1-3H3. The van der Waals surface area contributed by atoms with Crippen molar-refractivity contribution in [1.82, 2.24) is 10.2 Å². The lowest BCUT2D eigenvalue weighted by Crippen LogP contribution is -2.50. The van der Waals surface area contributed by atoms with Gasteiger partial charge in [0.2, 0.25) is 5.91 Å². The molecule has 0 aromatic rings. The predicted octanol–water partition coefficient (Wildman–Crippen LogP) is 1.26. The van der Waals surface area contributed by atoms with E-state index in [1.54, 1.807) is 0 Å². The van der Waals surface area contributed by atoms with Crippen LogP contribution in [0.1, 0.15) is 33.1 Å². The van der Waals surface area contributed by atoms with Crippen LogP contribution in [0.2, 0.25) is 0 Å². The van der Waals surface area contributed by atoms with E-state index in [0.717, 1.165) is 25.9 Å². The van der Waals surface area contributed by atoms with Gasteiger partial charge >= 0.3 is 0 Å². The summed E-state index contributed by atoms with van der Waals surface area (Å²) in [5.41, 5.74) is 0. The van der Waals surface area contributed by atoms with Gasteiger partial charge in [-0.3, -0.25) is 4.79 Å². The fourth-order valence-electron chi connectivity index (χ4n) is 2.51. The van der Waals surface area contributed by atoms with E-state index >= 15 is 0 Å². The Kier molecular flexibility index (Phi) is 6.52. The van der Waals surface area contributed by atoms with E-state index in [9.17, 15) is 4.79 Å². The summed E-state index contributed by atoms with van der Waals surface area (Å²) in [6.07, 6.45) is 2.71. The van der Waals surface area contributed by atoms with Gasteiger partial charge < -0.3 is 15.0 Å². The summed E-state index contributed by atoms with van der Waals surface area (Å²) in [7, 11) is 2.01. The highest BCUT2D eigenvalue weighted by molar-refractivity contribution is 5.76. The highest BCUT2D eigenvalue weighted by Gasteiger charge is 2.28. The van der Waals surface area contributed by atoms with Gasteiger partial charge in [0.25, 0.3) is 0 Å². The quantitative estimate of drug-likeness (QED) is 0.713. The molecular formula is C13H26N2O2. The van der Waals surface area contributed by atoms with Crippen LogP contribution >= 0.6 is 0 Å². The first-order valence-corrected chi connectivity index (χ1v) is 6.75. The van der Waals surface area contributed by atoms with Crippen LogP contribution in [0.25, 0.3) is 0 Å². The Morgan fingerprint density at radius 1 is 1.47 bits per heavy atom. The zero-order valence-corrected chi connectivity index (χ0v) is 11.4. The molecule has 2 unspecified atom stereocenters. The van der Waals surface area contributed by atoms with Gasteiger partial charge in [0.05, 0.1) is 13.0 Å². The third kappa shape index (κ3) is 4.28. The molecule has 0 aromatic carbocycles. The third-order valence-electron chi connectivity index (χ3n) is 3.65. The van der Waals surface area contributed by atoms with Gasteiger partial charge in [-0.25, -0.2) is 0 Å². The number of amides is 1. The molecule has 1 heterocycles. The molecule has 1 saturated heterocycles. The van der Waals surface area contributed by atoms with Crippen molar-refractivity contribution < 1.29 is 9.53 Å². The lowest BCUT2D eigenvalue weighted by atomic mass is 9.90. The van der Waals surface area contributed by atoms with E-state index < -0.39 is 0 Å². The normalized spacial score (nSPS) is 25.0. The maximum absolute atomic E-state index is 12.0. The summed E-state index contributed by atoms with van der Waals surface area (Å²) >= 11 is 0. The first-order chi connectivity index (χ1) is 8.22.